The standard InChI is InChI=1S/C16H11NO10/c18-5-1-8(12(21)9(2-5)16(26)27)14(23)17-13(22)6-3-11(20)7(15(24)25)4-10(6)19/h1-4,18-21H,(H,24,25)(H,26,27)(H,17,22,23). The van der Waals surface area contributed by atoms with Crippen molar-refractivity contribution >= 4 is 23.8 Å². The first-order valence-corrected chi connectivity index (χ1v) is 6.97. The fraction of sp³-hybridized carbons (Fsp3) is 0. The largest absolute Gasteiger partial charge is 0.508 e. The molecule has 0 atom stereocenters. The third-order valence-corrected chi connectivity index (χ3v) is 3.39. The van der Waals surface area contributed by atoms with Crippen LogP contribution in [0.5, 0.6) is 23.0 Å². The fourth-order valence-corrected chi connectivity index (χ4v) is 2.12. The summed E-state index contributed by atoms with van der Waals surface area (Å²) in [5.74, 6) is -9.23. The zero-order valence-electron chi connectivity index (χ0n) is 13.1. The molecule has 11 nitrogen and oxygen atoms in total. The minimum absolute atomic E-state index is 0.589. The van der Waals surface area contributed by atoms with Crippen LogP contribution in [0.2, 0.25) is 0 Å². The van der Waals surface area contributed by atoms with Gasteiger partial charge in [0, 0.05) is 0 Å². The highest BCUT2D eigenvalue weighted by Crippen LogP contribution is 2.29. The number of aromatic carboxylic acids is 2. The van der Waals surface area contributed by atoms with Gasteiger partial charge in [0.15, 0.2) is 0 Å². The molecule has 2 aromatic carbocycles. The molecule has 11 heteroatoms. The molecule has 0 bridgehead atoms. The molecule has 0 aliphatic heterocycles. The lowest BCUT2D eigenvalue weighted by Gasteiger charge is -2.10. The molecule has 2 rings (SSSR count). The number of nitrogens with one attached hydrogen (secondary N) is 1. The Morgan fingerprint density at radius 2 is 1.07 bits per heavy atom. The summed E-state index contributed by atoms with van der Waals surface area (Å²) in [6.07, 6.45) is 0. The van der Waals surface area contributed by atoms with Gasteiger partial charge in [-0.2, -0.15) is 0 Å². The summed E-state index contributed by atoms with van der Waals surface area (Å²) in [4.78, 5) is 46.0. The summed E-state index contributed by atoms with van der Waals surface area (Å²) in [6, 6.07) is 2.58. The number of carbonyl (C=O) groups is 4. The number of carboxylic acid groups (broad SMARTS) is 2. The van der Waals surface area contributed by atoms with E-state index in [4.69, 9.17) is 10.2 Å². The Morgan fingerprint density at radius 3 is 1.63 bits per heavy atom. The van der Waals surface area contributed by atoms with Gasteiger partial charge in [0.05, 0.1) is 11.1 Å². The molecule has 27 heavy (non-hydrogen) atoms. The number of carbonyl (C=O) groups excluding carboxylic acids is 2. The Kier molecular flexibility index (Phi) is 4.88. The van der Waals surface area contributed by atoms with Gasteiger partial charge in [0.2, 0.25) is 0 Å². The summed E-state index contributed by atoms with van der Waals surface area (Å²) in [5, 5.41) is 58.0. The van der Waals surface area contributed by atoms with Crippen LogP contribution in [0, 0.1) is 0 Å². The molecule has 0 saturated carbocycles. The normalized spacial score (nSPS) is 10.2. The van der Waals surface area contributed by atoms with Crippen LogP contribution >= 0.6 is 0 Å². The summed E-state index contributed by atoms with van der Waals surface area (Å²) in [7, 11) is 0. The van der Waals surface area contributed by atoms with Crippen molar-refractivity contribution in [1.29, 1.82) is 0 Å². The molecule has 2 aromatic rings. The summed E-state index contributed by atoms with van der Waals surface area (Å²) >= 11 is 0. The first-order valence-electron chi connectivity index (χ1n) is 6.97. The van der Waals surface area contributed by atoms with Crippen molar-refractivity contribution < 1.29 is 49.8 Å². The Morgan fingerprint density at radius 1 is 0.630 bits per heavy atom. The molecule has 2 amide bonds. The van der Waals surface area contributed by atoms with Gasteiger partial charge in [0.1, 0.15) is 34.1 Å². The third-order valence-electron chi connectivity index (χ3n) is 3.39. The summed E-state index contributed by atoms with van der Waals surface area (Å²) in [6.45, 7) is 0. The number of rotatable bonds is 4. The predicted molar refractivity (Wildman–Crippen MR) is 85.3 cm³/mol. The average Bonchev–Trinajstić information content (AvgIpc) is 2.57. The van der Waals surface area contributed by atoms with Crippen molar-refractivity contribution in [2.45, 2.75) is 0 Å². The van der Waals surface area contributed by atoms with Gasteiger partial charge in [-0.05, 0) is 24.3 Å². The van der Waals surface area contributed by atoms with Crippen LogP contribution in [0.1, 0.15) is 41.4 Å². The number of aromatic hydroxyl groups is 4. The predicted octanol–water partition coefficient (Wildman–Crippen LogP) is 0.476. The molecule has 0 saturated heterocycles. The lowest BCUT2D eigenvalue weighted by molar-refractivity contribution is 0.0681. The van der Waals surface area contributed by atoms with Crippen molar-refractivity contribution in [2.24, 2.45) is 0 Å². The van der Waals surface area contributed by atoms with E-state index in [9.17, 15) is 39.6 Å². The second kappa shape index (κ2) is 6.92. The van der Waals surface area contributed by atoms with Crippen LogP contribution in [0.25, 0.3) is 0 Å². The molecule has 0 heterocycles. The van der Waals surface area contributed by atoms with E-state index in [1.54, 1.807) is 5.32 Å². The van der Waals surface area contributed by atoms with E-state index in [1.165, 1.54) is 0 Å². The maximum atomic E-state index is 12.1. The van der Waals surface area contributed by atoms with Crippen molar-refractivity contribution in [3.05, 3.63) is 46.5 Å². The van der Waals surface area contributed by atoms with Crippen molar-refractivity contribution in [3.63, 3.8) is 0 Å². The summed E-state index contributed by atoms with van der Waals surface area (Å²) in [5.41, 5.74) is -2.89. The van der Waals surface area contributed by atoms with E-state index >= 15 is 0 Å². The number of imide groups is 1. The number of benzene rings is 2. The van der Waals surface area contributed by atoms with Crippen molar-refractivity contribution in [1.82, 2.24) is 5.32 Å². The molecule has 0 aromatic heterocycles. The number of amides is 2. The Balaban J connectivity index is 2.37. The first-order chi connectivity index (χ1) is 12.5. The van der Waals surface area contributed by atoms with Crippen LogP contribution in [0.3, 0.4) is 0 Å². The Hall–Kier alpha value is -4.28. The monoisotopic (exact) mass is 377 g/mol. The molecule has 0 unspecified atom stereocenters. The van der Waals surface area contributed by atoms with E-state index in [0.29, 0.717) is 24.3 Å². The van der Waals surface area contributed by atoms with Crippen LogP contribution in [0.4, 0.5) is 0 Å². The molecule has 0 fully saturated rings. The second-order valence-electron chi connectivity index (χ2n) is 5.17. The maximum absolute atomic E-state index is 12.1. The lowest BCUT2D eigenvalue weighted by atomic mass is 10.1. The van der Waals surface area contributed by atoms with Gasteiger partial charge in [-0.15, -0.1) is 0 Å². The Bertz CT molecular complexity index is 995. The third kappa shape index (κ3) is 3.71. The molecular weight excluding hydrogens is 366 g/mol. The molecule has 0 radical (unpaired) electrons. The minimum atomic E-state index is -1.64. The van der Waals surface area contributed by atoms with Crippen molar-refractivity contribution in [2.75, 3.05) is 0 Å². The van der Waals surface area contributed by atoms with E-state index < -0.39 is 69.0 Å². The first kappa shape index (κ1) is 19.1. The lowest BCUT2D eigenvalue weighted by Crippen LogP contribution is -2.30. The molecule has 0 aliphatic rings. The Labute approximate surface area is 149 Å². The minimum Gasteiger partial charge on any atom is -0.508 e. The maximum Gasteiger partial charge on any atom is 0.339 e. The SMILES string of the molecule is O=C(O)c1cc(O)c(C(=O)NC(=O)c2cc(O)cc(C(=O)O)c2O)cc1O. The van der Waals surface area contributed by atoms with Crippen LogP contribution in [0.15, 0.2) is 24.3 Å². The molecule has 0 spiro atoms. The zero-order valence-corrected chi connectivity index (χ0v) is 13.1. The number of phenols is 4. The van der Waals surface area contributed by atoms with Crippen molar-refractivity contribution in [3.8, 4) is 23.0 Å². The van der Waals surface area contributed by atoms with E-state index in [-0.39, 0.29) is 0 Å². The second-order valence-corrected chi connectivity index (χ2v) is 5.17. The fourth-order valence-electron chi connectivity index (χ4n) is 2.12. The zero-order chi connectivity index (χ0) is 20.5. The molecular formula is C16H11NO10. The van der Waals surface area contributed by atoms with E-state index in [2.05, 4.69) is 0 Å². The van der Waals surface area contributed by atoms with Crippen LogP contribution < -0.4 is 5.32 Å². The number of phenolic OH excluding ortho intramolecular Hbond substituents is 2. The quantitative estimate of drug-likeness (QED) is 0.290. The van der Waals surface area contributed by atoms with Gasteiger partial charge in [-0.25, -0.2) is 9.59 Å². The van der Waals surface area contributed by atoms with Gasteiger partial charge in [0.25, 0.3) is 11.8 Å². The molecule has 0 aliphatic carbocycles. The van der Waals surface area contributed by atoms with E-state index in [0.717, 1.165) is 0 Å². The molecule has 140 valence electrons. The smallest absolute Gasteiger partial charge is 0.339 e. The highest BCUT2D eigenvalue weighted by molar-refractivity contribution is 6.13. The average molecular weight is 377 g/mol. The van der Waals surface area contributed by atoms with Crippen LogP contribution in [-0.4, -0.2) is 54.4 Å². The van der Waals surface area contributed by atoms with Gasteiger partial charge >= 0.3 is 11.9 Å². The van der Waals surface area contributed by atoms with E-state index in [1.807, 2.05) is 0 Å². The number of carboxylic acids is 2. The van der Waals surface area contributed by atoms with Gasteiger partial charge in [-0.1, -0.05) is 0 Å². The summed E-state index contributed by atoms with van der Waals surface area (Å²) < 4.78 is 0. The highest BCUT2D eigenvalue weighted by Gasteiger charge is 2.24. The number of hydrogen-bond donors (Lipinski definition) is 7. The van der Waals surface area contributed by atoms with Gasteiger partial charge in [-0.3, -0.25) is 14.9 Å². The van der Waals surface area contributed by atoms with Crippen LogP contribution in [-0.2, 0) is 0 Å². The topological polar surface area (TPSA) is 202 Å². The highest BCUT2D eigenvalue weighted by atomic mass is 16.4. The number of hydrogen-bond acceptors (Lipinski definition) is 8. The van der Waals surface area contributed by atoms with Gasteiger partial charge < -0.3 is 30.6 Å². The molecule has 7 N–H and O–H groups in total.